The van der Waals surface area contributed by atoms with Crippen molar-refractivity contribution in [3.63, 3.8) is 0 Å². The normalized spacial score (nSPS) is 27.4. The molecule has 1 atom stereocenters. The minimum absolute atomic E-state index is 0.119. The first kappa shape index (κ1) is 14.8. The van der Waals surface area contributed by atoms with Crippen LogP contribution in [0.5, 0.6) is 0 Å². The average molecular weight is 269 g/mol. The zero-order valence-electron chi connectivity index (χ0n) is 12.0. The average Bonchev–Trinajstić information content (AvgIpc) is 2.95. The molecule has 1 unspecified atom stereocenters. The van der Waals surface area contributed by atoms with Crippen LogP contribution in [0, 0.1) is 5.41 Å². The van der Waals surface area contributed by atoms with Gasteiger partial charge in [-0.15, -0.1) is 0 Å². The number of carbonyl (C=O) groups is 1. The number of hydrogen-bond donors (Lipinski definition) is 2. The molecule has 3 N–H and O–H groups in total. The third kappa shape index (κ3) is 3.46. The van der Waals surface area contributed by atoms with Crippen LogP contribution in [0.15, 0.2) is 0 Å². The molecular formula is C14H27N3O2. The molecule has 110 valence electrons. The van der Waals surface area contributed by atoms with E-state index in [2.05, 4.69) is 17.1 Å². The van der Waals surface area contributed by atoms with E-state index in [-0.39, 0.29) is 17.4 Å². The molecule has 2 aliphatic rings. The molecule has 0 spiro atoms. The molecule has 5 heteroatoms. The maximum absolute atomic E-state index is 12.3. The molecule has 1 aliphatic heterocycles. The van der Waals surface area contributed by atoms with E-state index in [0.717, 1.165) is 51.9 Å². The summed E-state index contributed by atoms with van der Waals surface area (Å²) in [7, 11) is 0. The number of amides is 1. The smallest absolute Gasteiger partial charge is 0.227 e. The summed E-state index contributed by atoms with van der Waals surface area (Å²) < 4.78 is 5.70. The number of carbonyl (C=O) groups excluding carboxylic acids is 1. The van der Waals surface area contributed by atoms with Crippen LogP contribution >= 0.6 is 0 Å². The summed E-state index contributed by atoms with van der Waals surface area (Å²) in [6.45, 7) is 6.93. The predicted molar refractivity (Wildman–Crippen MR) is 74.8 cm³/mol. The molecule has 0 aromatic heterocycles. The van der Waals surface area contributed by atoms with Crippen molar-refractivity contribution in [2.75, 3.05) is 39.3 Å². The van der Waals surface area contributed by atoms with Gasteiger partial charge in [0.25, 0.3) is 0 Å². The Bertz CT molecular complexity index is 303. The molecule has 1 saturated heterocycles. The standard InChI is InChI=1S/C14H27N3O2/c1-2-17-7-8-19-12(10-17)9-16-13(18)14(11-15)5-3-4-6-14/h12H,2-11,15H2,1H3,(H,16,18). The second-order valence-corrected chi connectivity index (χ2v) is 5.79. The summed E-state index contributed by atoms with van der Waals surface area (Å²) in [6.07, 6.45) is 4.22. The number of nitrogens with zero attached hydrogens (tertiary/aromatic N) is 1. The van der Waals surface area contributed by atoms with Gasteiger partial charge in [-0.3, -0.25) is 9.69 Å². The van der Waals surface area contributed by atoms with Crippen molar-refractivity contribution in [3.05, 3.63) is 0 Å². The number of nitrogens with one attached hydrogen (secondary N) is 1. The van der Waals surface area contributed by atoms with Gasteiger partial charge in [-0.25, -0.2) is 0 Å². The van der Waals surface area contributed by atoms with Gasteiger partial charge >= 0.3 is 0 Å². The molecule has 0 aromatic carbocycles. The molecule has 1 amide bonds. The minimum atomic E-state index is -0.306. The van der Waals surface area contributed by atoms with Gasteiger partial charge in [0.15, 0.2) is 0 Å². The van der Waals surface area contributed by atoms with E-state index < -0.39 is 0 Å². The highest BCUT2D eigenvalue weighted by molar-refractivity contribution is 5.83. The second kappa shape index (κ2) is 6.68. The summed E-state index contributed by atoms with van der Waals surface area (Å²) in [5.41, 5.74) is 5.52. The Labute approximate surface area is 115 Å². The number of hydrogen-bond acceptors (Lipinski definition) is 4. The molecule has 1 aliphatic carbocycles. The predicted octanol–water partition coefficient (Wildman–Crippen LogP) is 0.342. The van der Waals surface area contributed by atoms with E-state index in [1.807, 2.05) is 0 Å². The van der Waals surface area contributed by atoms with Crippen LogP contribution in [0.25, 0.3) is 0 Å². The lowest BCUT2D eigenvalue weighted by Gasteiger charge is -2.33. The Morgan fingerprint density at radius 3 is 2.84 bits per heavy atom. The van der Waals surface area contributed by atoms with E-state index in [1.54, 1.807) is 0 Å². The maximum atomic E-state index is 12.3. The first-order valence-electron chi connectivity index (χ1n) is 7.52. The number of ether oxygens (including phenoxy) is 1. The fraction of sp³-hybridized carbons (Fsp3) is 0.929. The van der Waals surface area contributed by atoms with Crippen molar-refractivity contribution in [3.8, 4) is 0 Å². The highest BCUT2D eigenvalue weighted by Gasteiger charge is 2.39. The van der Waals surface area contributed by atoms with Gasteiger partial charge in [0.2, 0.25) is 5.91 Å². The summed E-state index contributed by atoms with van der Waals surface area (Å²) in [6, 6.07) is 0. The Kier molecular flexibility index (Phi) is 5.19. The Hall–Kier alpha value is -0.650. The van der Waals surface area contributed by atoms with Gasteiger partial charge in [0, 0.05) is 26.2 Å². The summed E-state index contributed by atoms with van der Waals surface area (Å²) in [4.78, 5) is 14.7. The van der Waals surface area contributed by atoms with Gasteiger partial charge in [0.05, 0.1) is 18.1 Å². The largest absolute Gasteiger partial charge is 0.374 e. The highest BCUT2D eigenvalue weighted by Crippen LogP contribution is 2.37. The molecule has 2 fully saturated rings. The quantitative estimate of drug-likeness (QED) is 0.755. The van der Waals surface area contributed by atoms with Gasteiger partial charge in [-0.05, 0) is 19.4 Å². The first-order chi connectivity index (χ1) is 9.20. The lowest BCUT2D eigenvalue weighted by molar-refractivity contribution is -0.131. The van der Waals surface area contributed by atoms with E-state index in [1.165, 1.54) is 0 Å². The second-order valence-electron chi connectivity index (χ2n) is 5.79. The molecule has 1 saturated carbocycles. The van der Waals surface area contributed by atoms with Crippen molar-refractivity contribution in [1.82, 2.24) is 10.2 Å². The lowest BCUT2D eigenvalue weighted by Crippen LogP contribution is -2.51. The van der Waals surface area contributed by atoms with Crippen LogP contribution in [0.2, 0.25) is 0 Å². The van der Waals surface area contributed by atoms with Gasteiger partial charge in [0.1, 0.15) is 0 Å². The zero-order chi connectivity index (χ0) is 13.7. The minimum Gasteiger partial charge on any atom is -0.374 e. The van der Waals surface area contributed by atoms with E-state index in [4.69, 9.17) is 10.5 Å². The van der Waals surface area contributed by atoms with Crippen LogP contribution < -0.4 is 11.1 Å². The Morgan fingerprint density at radius 2 is 2.21 bits per heavy atom. The first-order valence-corrected chi connectivity index (χ1v) is 7.52. The number of nitrogens with two attached hydrogens (primary N) is 1. The molecule has 2 rings (SSSR count). The maximum Gasteiger partial charge on any atom is 0.227 e. The van der Waals surface area contributed by atoms with E-state index in [0.29, 0.717) is 13.1 Å². The van der Waals surface area contributed by atoms with Gasteiger partial charge < -0.3 is 15.8 Å². The van der Waals surface area contributed by atoms with Crippen molar-refractivity contribution in [2.24, 2.45) is 11.1 Å². The van der Waals surface area contributed by atoms with Crippen molar-refractivity contribution >= 4 is 5.91 Å². The molecule has 0 bridgehead atoms. The monoisotopic (exact) mass is 269 g/mol. The molecular weight excluding hydrogens is 242 g/mol. The highest BCUT2D eigenvalue weighted by atomic mass is 16.5. The Balaban J connectivity index is 1.79. The Morgan fingerprint density at radius 1 is 1.47 bits per heavy atom. The molecule has 0 radical (unpaired) electrons. The van der Waals surface area contributed by atoms with Gasteiger partial charge in [-0.1, -0.05) is 19.8 Å². The number of likely N-dealkylation sites (N-methyl/N-ethyl adjacent to an activating group) is 1. The van der Waals surface area contributed by atoms with Crippen molar-refractivity contribution in [1.29, 1.82) is 0 Å². The van der Waals surface area contributed by atoms with Crippen LogP contribution in [-0.4, -0.2) is 56.2 Å². The SMILES string of the molecule is CCN1CCOC(CNC(=O)C2(CN)CCCC2)C1. The van der Waals surface area contributed by atoms with E-state index in [9.17, 15) is 4.79 Å². The van der Waals surface area contributed by atoms with Crippen molar-refractivity contribution < 1.29 is 9.53 Å². The van der Waals surface area contributed by atoms with Crippen LogP contribution in [0.4, 0.5) is 0 Å². The third-order valence-corrected chi connectivity index (χ3v) is 4.59. The summed E-state index contributed by atoms with van der Waals surface area (Å²) >= 11 is 0. The third-order valence-electron chi connectivity index (χ3n) is 4.59. The summed E-state index contributed by atoms with van der Waals surface area (Å²) in [5.74, 6) is 0.129. The number of morpholine rings is 1. The topological polar surface area (TPSA) is 67.6 Å². The van der Waals surface area contributed by atoms with Crippen LogP contribution in [0.1, 0.15) is 32.6 Å². The molecule has 19 heavy (non-hydrogen) atoms. The van der Waals surface area contributed by atoms with Crippen molar-refractivity contribution in [2.45, 2.75) is 38.7 Å². The molecule has 1 heterocycles. The lowest BCUT2D eigenvalue weighted by atomic mass is 9.85. The molecule has 5 nitrogen and oxygen atoms in total. The van der Waals surface area contributed by atoms with Crippen LogP contribution in [0.3, 0.4) is 0 Å². The van der Waals surface area contributed by atoms with E-state index >= 15 is 0 Å². The number of rotatable bonds is 5. The summed E-state index contributed by atoms with van der Waals surface area (Å²) in [5, 5.41) is 3.06. The fourth-order valence-corrected chi connectivity index (χ4v) is 3.16. The molecule has 0 aromatic rings. The fourth-order valence-electron chi connectivity index (χ4n) is 3.16. The van der Waals surface area contributed by atoms with Gasteiger partial charge in [-0.2, -0.15) is 0 Å². The zero-order valence-corrected chi connectivity index (χ0v) is 12.0. The van der Waals surface area contributed by atoms with Crippen LogP contribution in [-0.2, 0) is 9.53 Å².